The molecule has 1 N–H and O–H groups in total. The summed E-state index contributed by atoms with van der Waals surface area (Å²) in [6.07, 6.45) is 0. The third kappa shape index (κ3) is 5.20. The molecule has 32 heavy (non-hydrogen) atoms. The quantitative estimate of drug-likeness (QED) is 0.612. The van der Waals surface area contributed by atoms with E-state index in [0.29, 0.717) is 18.3 Å². The van der Waals surface area contributed by atoms with Gasteiger partial charge in [0.2, 0.25) is 17.6 Å². The van der Waals surface area contributed by atoms with E-state index in [4.69, 9.17) is 4.52 Å². The van der Waals surface area contributed by atoms with Gasteiger partial charge >= 0.3 is 0 Å². The normalized spacial score (nSPS) is 17.1. The minimum Gasteiger partial charge on any atom is -0.351 e. The fourth-order valence-corrected chi connectivity index (χ4v) is 3.88. The fourth-order valence-electron chi connectivity index (χ4n) is 3.88. The molecule has 0 radical (unpaired) electrons. The molecule has 0 bridgehead atoms. The lowest BCUT2D eigenvalue weighted by Crippen LogP contribution is -2.54. The lowest BCUT2D eigenvalue weighted by Gasteiger charge is -2.39. The molecule has 1 aliphatic rings. The molecule has 2 atom stereocenters. The minimum atomic E-state index is -0.280. The summed E-state index contributed by atoms with van der Waals surface area (Å²) >= 11 is 0. The molecule has 0 saturated carbocycles. The van der Waals surface area contributed by atoms with Gasteiger partial charge in [-0.05, 0) is 31.5 Å². The molecule has 3 aromatic rings. The van der Waals surface area contributed by atoms with Crippen LogP contribution in [0, 0.1) is 5.82 Å². The summed E-state index contributed by atoms with van der Waals surface area (Å²) in [5.41, 5.74) is 1.81. The van der Waals surface area contributed by atoms with Crippen LogP contribution in [0.15, 0.2) is 59.1 Å². The van der Waals surface area contributed by atoms with E-state index in [0.717, 1.165) is 37.3 Å². The van der Waals surface area contributed by atoms with Crippen molar-refractivity contribution in [3.8, 4) is 11.4 Å². The molecule has 1 saturated heterocycles. The van der Waals surface area contributed by atoms with Gasteiger partial charge in [-0.15, -0.1) is 0 Å². The zero-order chi connectivity index (χ0) is 22.5. The van der Waals surface area contributed by atoms with Gasteiger partial charge in [-0.25, -0.2) is 4.39 Å². The van der Waals surface area contributed by atoms with E-state index in [2.05, 4.69) is 32.2 Å². The first-order chi connectivity index (χ1) is 15.5. The summed E-state index contributed by atoms with van der Waals surface area (Å²) in [6.45, 7) is 7.53. The van der Waals surface area contributed by atoms with Crippen LogP contribution in [0.3, 0.4) is 0 Å². The van der Waals surface area contributed by atoms with Crippen molar-refractivity contribution in [2.45, 2.75) is 32.5 Å². The van der Waals surface area contributed by atoms with E-state index in [1.54, 1.807) is 12.1 Å². The molecule has 1 aliphatic heterocycles. The van der Waals surface area contributed by atoms with Crippen molar-refractivity contribution in [2.75, 3.05) is 26.2 Å². The Bertz CT molecular complexity index is 1020. The first-order valence-electron chi connectivity index (χ1n) is 10.9. The van der Waals surface area contributed by atoms with Crippen molar-refractivity contribution in [2.24, 2.45) is 0 Å². The number of nitrogens with one attached hydrogen (secondary N) is 1. The van der Waals surface area contributed by atoms with Gasteiger partial charge in [0.15, 0.2) is 0 Å². The van der Waals surface area contributed by atoms with E-state index in [1.807, 2.05) is 37.3 Å². The Hall–Kier alpha value is -3.10. The summed E-state index contributed by atoms with van der Waals surface area (Å²) in [6, 6.07) is 15.7. The van der Waals surface area contributed by atoms with E-state index >= 15 is 0 Å². The van der Waals surface area contributed by atoms with Gasteiger partial charge in [-0.1, -0.05) is 47.6 Å². The fraction of sp³-hybridized carbons (Fsp3) is 0.375. The van der Waals surface area contributed by atoms with Crippen LogP contribution in [0.4, 0.5) is 4.39 Å². The smallest absolute Gasteiger partial charge is 0.244 e. The molecule has 1 amide bonds. The van der Waals surface area contributed by atoms with Gasteiger partial charge in [-0.2, -0.15) is 4.98 Å². The van der Waals surface area contributed by atoms with Crippen LogP contribution >= 0.6 is 0 Å². The van der Waals surface area contributed by atoms with Crippen LogP contribution in [0.2, 0.25) is 0 Å². The number of aromatic nitrogens is 2. The second kappa shape index (κ2) is 10.0. The number of hydrogen-bond donors (Lipinski definition) is 1. The molecule has 1 aromatic heterocycles. The van der Waals surface area contributed by atoms with Gasteiger partial charge in [0.25, 0.3) is 0 Å². The van der Waals surface area contributed by atoms with Crippen LogP contribution in [0.25, 0.3) is 11.4 Å². The number of rotatable bonds is 7. The van der Waals surface area contributed by atoms with E-state index in [9.17, 15) is 9.18 Å². The monoisotopic (exact) mass is 437 g/mol. The number of benzene rings is 2. The lowest BCUT2D eigenvalue weighted by molar-refractivity contribution is -0.126. The first-order valence-corrected chi connectivity index (χ1v) is 10.9. The molecule has 0 aliphatic carbocycles. The molecule has 2 heterocycles. The van der Waals surface area contributed by atoms with E-state index in [-0.39, 0.29) is 23.8 Å². The van der Waals surface area contributed by atoms with Crippen LogP contribution in [0.5, 0.6) is 0 Å². The highest BCUT2D eigenvalue weighted by Crippen LogP contribution is 2.23. The van der Waals surface area contributed by atoms with Crippen molar-refractivity contribution in [3.05, 3.63) is 71.9 Å². The van der Waals surface area contributed by atoms with Crippen LogP contribution in [0.1, 0.15) is 31.3 Å². The molecule has 2 aromatic carbocycles. The van der Waals surface area contributed by atoms with Crippen molar-refractivity contribution in [1.82, 2.24) is 25.3 Å². The van der Waals surface area contributed by atoms with Gasteiger partial charge in [0.05, 0.1) is 12.1 Å². The standard InChI is InChI=1S/C24H28FN5O2/c1-17(23(31)26-16-19-8-10-21(25)11-9-19)29-12-14-30(15-13-29)18(2)24-27-22(28-32-24)20-6-4-3-5-7-20/h3-11,17-18H,12-16H2,1-2H3,(H,26,31)/t17-,18-/m0/s1. The van der Waals surface area contributed by atoms with Gasteiger partial charge < -0.3 is 9.84 Å². The summed E-state index contributed by atoms with van der Waals surface area (Å²) in [4.78, 5) is 21.6. The highest BCUT2D eigenvalue weighted by Gasteiger charge is 2.29. The van der Waals surface area contributed by atoms with Crippen molar-refractivity contribution in [3.63, 3.8) is 0 Å². The molecule has 8 heteroatoms. The van der Waals surface area contributed by atoms with Gasteiger partial charge in [-0.3, -0.25) is 14.6 Å². The van der Waals surface area contributed by atoms with Gasteiger partial charge in [0, 0.05) is 38.3 Å². The highest BCUT2D eigenvalue weighted by molar-refractivity contribution is 5.81. The molecule has 4 rings (SSSR count). The maximum Gasteiger partial charge on any atom is 0.244 e. The average molecular weight is 438 g/mol. The van der Waals surface area contributed by atoms with Crippen molar-refractivity contribution < 1.29 is 13.7 Å². The number of nitrogens with zero attached hydrogens (tertiary/aromatic N) is 4. The second-order valence-corrected chi connectivity index (χ2v) is 8.09. The maximum absolute atomic E-state index is 13.0. The van der Waals surface area contributed by atoms with Crippen LogP contribution in [-0.4, -0.2) is 58.1 Å². The number of halogens is 1. The number of piperazine rings is 1. The Morgan fingerprint density at radius 1 is 1.03 bits per heavy atom. The molecule has 168 valence electrons. The minimum absolute atomic E-state index is 0.00437. The Morgan fingerprint density at radius 2 is 1.69 bits per heavy atom. The molecule has 0 spiro atoms. The first kappa shape index (κ1) is 22.1. The average Bonchev–Trinajstić information content (AvgIpc) is 3.34. The van der Waals surface area contributed by atoms with E-state index < -0.39 is 0 Å². The third-order valence-electron chi connectivity index (χ3n) is 6.03. The van der Waals surface area contributed by atoms with Crippen LogP contribution in [-0.2, 0) is 11.3 Å². The molecule has 7 nitrogen and oxygen atoms in total. The Kier molecular flexibility index (Phi) is 6.92. The number of hydrogen-bond acceptors (Lipinski definition) is 6. The van der Waals surface area contributed by atoms with Crippen molar-refractivity contribution in [1.29, 1.82) is 0 Å². The summed E-state index contributed by atoms with van der Waals surface area (Å²) in [7, 11) is 0. The Balaban J connectivity index is 1.27. The highest BCUT2D eigenvalue weighted by atomic mass is 19.1. The number of carbonyl (C=O) groups excluding carboxylic acids is 1. The predicted molar refractivity (Wildman–Crippen MR) is 119 cm³/mol. The molecular weight excluding hydrogens is 409 g/mol. The molecular formula is C24H28FN5O2. The third-order valence-corrected chi connectivity index (χ3v) is 6.03. The van der Waals surface area contributed by atoms with E-state index in [1.165, 1.54) is 12.1 Å². The number of amides is 1. The Morgan fingerprint density at radius 3 is 2.38 bits per heavy atom. The summed E-state index contributed by atoms with van der Waals surface area (Å²) < 4.78 is 18.5. The Labute approximate surface area is 187 Å². The summed E-state index contributed by atoms with van der Waals surface area (Å²) in [5.74, 6) is 0.887. The SMILES string of the molecule is C[C@@H](C(=O)NCc1ccc(F)cc1)N1CCN([C@@H](C)c2nc(-c3ccccc3)no2)CC1. The zero-order valence-corrected chi connectivity index (χ0v) is 18.4. The number of carbonyl (C=O) groups is 1. The maximum atomic E-state index is 13.0. The van der Waals surface area contributed by atoms with Crippen molar-refractivity contribution >= 4 is 5.91 Å². The zero-order valence-electron chi connectivity index (χ0n) is 18.4. The second-order valence-electron chi connectivity index (χ2n) is 8.09. The lowest BCUT2D eigenvalue weighted by atomic mass is 10.1. The van der Waals surface area contributed by atoms with Gasteiger partial charge in [0.1, 0.15) is 5.82 Å². The summed E-state index contributed by atoms with van der Waals surface area (Å²) in [5, 5.41) is 7.07. The molecule has 1 fully saturated rings. The van der Waals surface area contributed by atoms with Crippen LogP contribution < -0.4 is 5.32 Å². The molecule has 0 unspecified atom stereocenters. The predicted octanol–water partition coefficient (Wildman–Crippen LogP) is 3.26. The topological polar surface area (TPSA) is 74.5 Å². The largest absolute Gasteiger partial charge is 0.351 e.